The minimum Gasteiger partial charge on any atom is -0.508 e. The highest BCUT2D eigenvalue weighted by Gasteiger charge is 2.11. The summed E-state index contributed by atoms with van der Waals surface area (Å²) < 4.78 is 1.20. The third kappa shape index (κ3) is 1.74. The van der Waals surface area contributed by atoms with Crippen molar-refractivity contribution in [2.45, 2.75) is 33.1 Å². The van der Waals surface area contributed by atoms with Crippen LogP contribution in [-0.4, -0.2) is 5.11 Å². The van der Waals surface area contributed by atoms with Gasteiger partial charge in [0.2, 0.25) is 0 Å². The van der Waals surface area contributed by atoms with Crippen molar-refractivity contribution in [2.24, 2.45) is 0 Å². The summed E-state index contributed by atoms with van der Waals surface area (Å²) in [7, 11) is 0. The molecule has 0 aliphatic carbocycles. The normalized spacial score (nSPS) is 11.5. The van der Waals surface area contributed by atoms with Gasteiger partial charge in [0.15, 0.2) is 0 Å². The molecule has 0 atom stereocenters. The van der Waals surface area contributed by atoms with Gasteiger partial charge in [-0.05, 0) is 46.4 Å². The van der Waals surface area contributed by atoms with Crippen molar-refractivity contribution >= 4 is 21.4 Å². The Bertz CT molecular complexity index is 482. The molecule has 1 aromatic carbocycles. The van der Waals surface area contributed by atoms with Crippen molar-refractivity contribution in [3.63, 3.8) is 0 Å². The zero-order valence-corrected chi connectivity index (χ0v) is 10.2. The molecular weight excluding hydrogens is 204 g/mol. The largest absolute Gasteiger partial charge is 0.508 e. The molecule has 0 bridgehead atoms. The fraction of sp³-hybridized carbons (Fsp3) is 0.385. The lowest BCUT2D eigenvalue weighted by Gasteiger charge is -2.09. The predicted molar refractivity (Wildman–Crippen MR) is 67.0 cm³/mol. The molecule has 0 unspecified atom stereocenters. The van der Waals surface area contributed by atoms with Gasteiger partial charge < -0.3 is 5.11 Å². The second-order valence-corrected chi connectivity index (χ2v) is 5.09. The molecule has 2 rings (SSSR count). The van der Waals surface area contributed by atoms with E-state index in [-0.39, 0.29) is 0 Å². The van der Waals surface area contributed by atoms with Crippen LogP contribution in [0, 0.1) is 0 Å². The fourth-order valence-corrected chi connectivity index (χ4v) is 3.08. The summed E-state index contributed by atoms with van der Waals surface area (Å²) in [6.45, 7) is 6.52. The summed E-state index contributed by atoms with van der Waals surface area (Å²) in [5, 5.41) is 13.2. The number of benzene rings is 1. The quantitative estimate of drug-likeness (QED) is 0.800. The molecule has 2 aromatic rings. The number of hydrogen-bond donors (Lipinski definition) is 1. The Morgan fingerprint density at radius 2 is 2.07 bits per heavy atom. The Balaban J connectivity index is 2.79. The van der Waals surface area contributed by atoms with E-state index in [4.69, 9.17) is 0 Å². The molecule has 0 radical (unpaired) electrons. The molecule has 80 valence electrons. The molecule has 1 N–H and O–H groups in total. The Morgan fingerprint density at radius 1 is 1.33 bits per heavy atom. The number of thiophene rings is 1. The van der Waals surface area contributed by atoms with E-state index >= 15 is 0 Å². The fourth-order valence-electron chi connectivity index (χ4n) is 1.97. The SMILES string of the molecule is CCc1csc2cc(O)cc(C(C)C)c12. The highest BCUT2D eigenvalue weighted by Crippen LogP contribution is 2.36. The average Bonchev–Trinajstić information content (AvgIpc) is 2.58. The highest BCUT2D eigenvalue weighted by atomic mass is 32.1. The zero-order valence-electron chi connectivity index (χ0n) is 9.37. The Labute approximate surface area is 94.4 Å². The molecule has 0 aliphatic heterocycles. The van der Waals surface area contributed by atoms with Crippen LogP contribution in [0.15, 0.2) is 17.5 Å². The molecule has 15 heavy (non-hydrogen) atoms. The van der Waals surface area contributed by atoms with Crippen LogP contribution in [0.4, 0.5) is 0 Å². The van der Waals surface area contributed by atoms with Crippen molar-refractivity contribution in [1.82, 2.24) is 0 Å². The van der Waals surface area contributed by atoms with Crippen molar-refractivity contribution < 1.29 is 5.11 Å². The molecule has 0 fully saturated rings. The lowest BCUT2D eigenvalue weighted by Crippen LogP contribution is -1.90. The van der Waals surface area contributed by atoms with Gasteiger partial charge in [-0.25, -0.2) is 0 Å². The second kappa shape index (κ2) is 3.86. The summed E-state index contributed by atoms with van der Waals surface area (Å²) in [6.07, 6.45) is 1.06. The number of aryl methyl sites for hydroxylation is 1. The molecule has 0 amide bonds. The third-order valence-electron chi connectivity index (χ3n) is 2.77. The summed E-state index contributed by atoms with van der Waals surface area (Å²) in [4.78, 5) is 0. The minimum atomic E-state index is 0.385. The van der Waals surface area contributed by atoms with E-state index in [1.807, 2.05) is 12.1 Å². The van der Waals surface area contributed by atoms with E-state index in [1.165, 1.54) is 21.2 Å². The molecule has 0 saturated heterocycles. The first-order valence-electron chi connectivity index (χ1n) is 5.36. The third-order valence-corrected chi connectivity index (χ3v) is 3.75. The lowest BCUT2D eigenvalue weighted by atomic mass is 9.96. The van der Waals surface area contributed by atoms with Crippen molar-refractivity contribution in [3.05, 3.63) is 28.6 Å². The average molecular weight is 220 g/mol. The smallest absolute Gasteiger partial charge is 0.117 e. The second-order valence-electron chi connectivity index (χ2n) is 4.18. The first-order chi connectivity index (χ1) is 7.13. The highest BCUT2D eigenvalue weighted by molar-refractivity contribution is 7.17. The molecule has 0 spiro atoms. The van der Waals surface area contributed by atoms with E-state index in [9.17, 15) is 5.11 Å². The lowest BCUT2D eigenvalue weighted by molar-refractivity contribution is 0.475. The minimum absolute atomic E-state index is 0.385. The van der Waals surface area contributed by atoms with Crippen molar-refractivity contribution in [2.75, 3.05) is 0 Å². The van der Waals surface area contributed by atoms with Gasteiger partial charge >= 0.3 is 0 Å². The molecule has 1 nitrogen and oxygen atoms in total. The topological polar surface area (TPSA) is 20.2 Å². The van der Waals surface area contributed by atoms with Gasteiger partial charge in [0.1, 0.15) is 5.75 Å². The van der Waals surface area contributed by atoms with E-state index in [0.717, 1.165) is 6.42 Å². The maximum atomic E-state index is 9.65. The summed E-state index contributed by atoms with van der Waals surface area (Å²) in [5.74, 6) is 0.843. The van der Waals surface area contributed by atoms with Gasteiger partial charge in [0, 0.05) is 4.70 Å². The van der Waals surface area contributed by atoms with Crippen molar-refractivity contribution in [1.29, 1.82) is 0 Å². The van der Waals surface area contributed by atoms with Crippen LogP contribution >= 0.6 is 11.3 Å². The van der Waals surface area contributed by atoms with E-state index in [0.29, 0.717) is 11.7 Å². The predicted octanol–water partition coefficient (Wildman–Crippen LogP) is 4.29. The summed E-state index contributed by atoms with van der Waals surface area (Å²) in [6, 6.07) is 3.77. The first kappa shape index (κ1) is 10.5. The van der Waals surface area contributed by atoms with Crippen molar-refractivity contribution in [3.8, 4) is 5.75 Å². The van der Waals surface area contributed by atoms with Gasteiger partial charge in [0.25, 0.3) is 0 Å². The van der Waals surface area contributed by atoms with Gasteiger partial charge in [-0.2, -0.15) is 0 Å². The Morgan fingerprint density at radius 3 is 2.67 bits per heavy atom. The van der Waals surface area contributed by atoms with Crippen LogP contribution in [0.2, 0.25) is 0 Å². The van der Waals surface area contributed by atoms with E-state index in [1.54, 1.807) is 11.3 Å². The zero-order chi connectivity index (χ0) is 11.0. The molecule has 0 saturated carbocycles. The van der Waals surface area contributed by atoms with Crippen LogP contribution < -0.4 is 0 Å². The Hall–Kier alpha value is -1.02. The summed E-state index contributed by atoms with van der Waals surface area (Å²) in [5.41, 5.74) is 2.67. The van der Waals surface area contributed by atoms with Gasteiger partial charge in [0.05, 0.1) is 0 Å². The van der Waals surface area contributed by atoms with Crippen LogP contribution in [0.5, 0.6) is 5.75 Å². The first-order valence-corrected chi connectivity index (χ1v) is 6.24. The number of phenolic OH excluding ortho intramolecular Hbond substituents is 1. The number of aromatic hydroxyl groups is 1. The van der Waals surface area contributed by atoms with Crippen LogP contribution in [0.3, 0.4) is 0 Å². The maximum absolute atomic E-state index is 9.65. The molecule has 1 heterocycles. The standard InChI is InChI=1S/C13H16OS/c1-4-9-7-15-12-6-10(14)5-11(8(2)3)13(9)12/h5-8,14H,4H2,1-3H3. The molecule has 2 heteroatoms. The maximum Gasteiger partial charge on any atom is 0.117 e. The number of hydrogen-bond acceptors (Lipinski definition) is 2. The van der Waals surface area contributed by atoms with Gasteiger partial charge in [-0.3, -0.25) is 0 Å². The number of phenols is 1. The monoisotopic (exact) mass is 220 g/mol. The van der Waals surface area contributed by atoms with Crippen LogP contribution in [0.25, 0.3) is 10.1 Å². The van der Waals surface area contributed by atoms with E-state index in [2.05, 4.69) is 26.2 Å². The Kier molecular flexibility index (Phi) is 2.70. The molecule has 1 aromatic heterocycles. The number of rotatable bonds is 2. The summed E-state index contributed by atoms with van der Waals surface area (Å²) >= 11 is 1.72. The molecular formula is C13H16OS. The van der Waals surface area contributed by atoms with Gasteiger partial charge in [-0.1, -0.05) is 20.8 Å². The van der Waals surface area contributed by atoms with Crippen LogP contribution in [-0.2, 0) is 6.42 Å². The molecule has 0 aliphatic rings. The number of fused-ring (bicyclic) bond motifs is 1. The van der Waals surface area contributed by atoms with Gasteiger partial charge in [-0.15, -0.1) is 11.3 Å². The van der Waals surface area contributed by atoms with Crippen LogP contribution in [0.1, 0.15) is 37.8 Å². The van der Waals surface area contributed by atoms with E-state index < -0.39 is 0 Å².